The Morgan fingerprint density at radius 3 is 3.10 bits per heavy atom. The summed E-state index contributed by atoms with van der Waals surface area (Å²) in [4.78, 5) is 18.7. The van der Waals surface area contributed by atoms with Gasteiger partial charge in [0.05, 0.1) is 6.20 Å². The molecule has 1 aliphatic heterocycles. The van der Waals surface area contributed by atoms with Crippen molar-refractivity contribution < 1.29 is 9.32 Å². The van der Waals surface area contributed by atoms with Crippen molar-refractivity contribution >= 4 is 11.7 Å². The monoisotopic (exact) mass is 286 g/mol. The minimum Gasteiger partial charge on any atom is -0.355 e. The van der Waals surface area contributed by atoms with Crippen molar-refractivity contribution in [2.24, 2.45) is 0 Å². The fourth-order valence-electron chi connectivity index (χ4n) is 2.60. The van der Waals surface area contributed by atoms with Gasteiger partial charge in [-0.1, -0.05) is 11.2 Å². The van der Waals surface area contributed by atoms with Crippen LogP contribution in [0.15, 0.2) is 35.0 Å². The smallest absolute Gasteiger partial charge is 0.290 e. The van der Waals surface area contributed by atoms with E-state index in [2.05, 4.69) is 20.4 Å². The number of aromatic nitrogens is 2. The van der Waals surface area contributed by atoms with Crippen molar-refractivity contribution in [3.63, 3.8) is 0 Å². The summed E-state index contributed by atoms with van der Waals surface area (Å²) >= 11 is 0. The largest absolute Gasteiger partial charge is 0.355 e. The lowest BCUT2D eigenvalue weighted by Gasteiger charge is -2.33. The van der Waals surface area contributed by atoms with Crippen LogP contribution in [0.4, 0.5) is 5.82 Å². The van der Waals surface area contributed by atoms with Gasteiger partial charge in [-0.3, -0.25) is 4.79 Å². The van der Waals surface area contributed by atoms with Crippen molar-refractivity contribution in [2.75, 3.05) is 18.0 Å². The first-order valence-electron chi connectivity index (χ1n) is 7.12. The molecule has 0 spiro atoms. The van der Waals surface area contributed by atoms with Crippen LogP contribution in [0, 0.1) is 6.92 Å². The quantitative estimate of drug-likeness (QED) is 0.931. The molecule has 3 heterocycles. The third-order valence-corrected chi connectivity index (χ3v) is 3.62. The summed E-state index contributed by atoms with van der Waals surface area (Å²) in [5.41, 5.74) is 1.00. The second kappa shape index (κ2) is 5.95. The summed E-state index contributed by atoms with van der Waals surface area (Å²) in [6, 6.07) is 7.66. The van der Waals surface area contributed by atoms with E-state index in [1.165, 1.54) is 6.20 Å². The second-order valence-electron chi connectivity index (χ2n) is 5.27. The van der Waals surface area contributed by atoms with E-state index in [9.17, 15) is 4.79 Å². The molecule has 1 N–H and O–H groups in total. The van der Waals surface area contributed by atoms with Crippen LogP contribution in [-0.4, -0.2) is 35.2 Å². The zero-order valence-electron chi connectivity index (χ0n) is 12.0. The molecule has 0 saturated carbocycles. The Bertz CT molecular complexity index is 612. The molecule has 0 bridgehead atoms. The second-order valence-corrected chi connectivity index (χ2v) is 5.27. The van der Waals surface area contributed by atoms with Crippen LogP contribution >= 0.6 is 0 Å². The number of hydrogen-bond donors (Lipinski definition) is 1. The lowest BCUT2D eigenvalue weighted by molar-refractivity contribution is 0.0895. The molecule has 1 amide bonds. The Labute approximate surface area is 123 Å². The van der Waals surface area contributed by atoms with Crippen molar-refractivity contribution in [2.45, 2.75) is 25.8 Å². The van der Waals surface area contributed by atoms with Crippen LogP contribution in [0.25, 0.3) is 0 Å². The van der Waals surface area contributed by atoms with E-state index in [0.717, 1.165) is 37.4 Å². The lowest BCUT2D eigenvalue weighted by Crippen LogP contribution is -2.48. The zero-order valence-corrected chi connectivity index (χ0v) is 12.0. The van der Waals surface area contributed by atoms with Crippen molar-refractivity contribution in [1.29, 1.82) is 0 Å². The number of rotatable bonds is 3. The summed E-state index contributed by atoms with van der Waals surface area (Å²) < 4.78 is 4.88. The van der Waals surface area contributed by atoms with Gasteiger partial charge in [0.2, 0.25) is 5.76 Å². The topological polar surface area (TPSA) is 71.3 Å². The van der Waals surface area contributed by atoms with E-state index < -0.39 is 0 Å². The van der Waals surface area contributed by atoms with E-state index in [1.807, 2.05) is 25.1 Å². The van der Waals surface area contributed by atoms with Gasteiger partial charge in [0.1, 0.15) is 5.82 Å². The molecule has 6 heteroatoms. The highest BCUT2D eigenvalue weighted by Crippen LogP contribution is 2.18. The average molecular weight is 286 g/mol. The molecule has 6 nitrogen and oxygen atoms in total. The number of amides is 1. The van der Waals surface area contributed by atoms with Gasteiger partial charge in [-0.2, -0.15) is 0 Å². The van der Waals surface area contributed by atoms with Crippen LogP contribution in [0.2, 0.25) is 0 Å². The van der Waals surface area contributed by atoms with E-state index in [0.29, 0.717) is 0 Å². The van der Waals surface area contributed by atoms with Gasteiger partial charge in [-0.15, -0.1) is 0 Å². The Hall–Kier alpha value is -2.37. The molecule has 1 atom stereocenters. The zero-order chi connectivity index (χ0) is 14.7. The molecule has 110 valence electrons. The lowest BCUT2D eigenvalue weighted by atomic mass is 10.1. The summed E-state index contributed by atoms with van der Waals surface area (Å²) in [5.74, 6) is 1.01. The minimum absolute atomic E-state index is 0.0960. The molecule has 1 fully saturated rings. The van der Waals surface area contributed by atoms with Gasteiger partial charge in [-0.05, 0) is 31.9 Å². The predicted molar refractivity (Wildman–Crippen MR) is 78.2 cm³/mol. The average Bonchev–Trinajstić information content (AvgIpc) is 3.02. The molecule has 0 radical (unpaired) electrons. The van der Waals surface area contributed by atoms with Gasteiger partial charge in [-0.25, -0.2) is 4.98 Å². The third kappa shape index (κ3) is 3.21. The Morgan fingerprint density at radius 1 is 1.43 bits per heavy atom. The highest BCUT2D eigenvalue weighted by Gasteiger charge is 2.23. The molecular formula is C15H18N4O2. The normalized spacial score (nSPS) is 18.5. The molecule has 0 aromatic carbocycles. The molecule has 2 aromatic rings. The van der Waals surface area contributed by atoms with Gasteiger partial charge in [0.15, 0.2) is 0 Å². The van der Waals surface area contributed by atoms with Gasteiger partial charge < -0.3 is 14.7 Å². The molecule has 2 aromatic heterocycles. The van der Waals surface area contributed by atoms with Crippen LogP contribution in [0.1, 0.15) is 29.1 Å². The summed E-state index contributed by atoms with van der Waals surface area (Å²) in [5, 5.41) is 6.55. The van der Waals surface area contributed by atoms with Crippen LogP contribution in [-0.2, 0) is 0 Å². The van der Waals surface area contributed by atoms with Crippen molar-refractivity contribution in [3.05, 3.63) is 41.9 Å². The Morgan fingerprint density at radius 2 is 2.33 bits per heavy atom. The van der Waals surface area contributed by atoms with Gasteiger partial charge in [0.25, 0.3) is 5.91 Å². The molecular weight excluding hydrogens is 268 g/mol. The van der Waals surface area contributed by atoms with Crippen molar-refractivity contribution in [3.8, 4) is 0 Å². The SMILES string of the molecule is Cc1cccc(N2CCC[C@H](NC(=O)c3ccno3)C2)n1. The highest BCUT2D eigenvalue weighted by atomic mass is 16.5. The molecule has 0 unspecified atom stereocenters. The number of nitrogens with one attached hydrogen (secondary N) is 1. The minimum atomic E-state index is -0.212. The van der Waals surface area contributed by atoms with E-state index in [1.54, 1.807) is 6.07 Å². The third-order valence-electron chi connectivity index (χ3n) is 3.62. The number of hydrogen-bond acceptors (Lipinski definition) is 5. The summed E-state index contributed by atoms with van der Waals surface area (Å²) in [6.07, 6.45) is 3.46. The fraction of sp³-hybridized carbons (Fsp3) is 0.400. The Balaban J connectivity index is 1.64. The maximum Gasteiger partial charge on any atom is 0.290 e. The molecule has 1 saturated heterocycles. The number of carbonyl (C=O) groups is 1. The van der Waals surface area contributed by atoms with Crippen molar-refractivity contribution in [1.82, 2.24) is 15.5 Å². The van der Waals surface area contributed by atoms with Crippen LogP contribution < -0.4 is 10.2 Å². The first-order valence-corrected chi connectivity index (χ1v) is 7.12. The van der Waals surface area contributed by atoms with Gasteiger partial charge in [0, 0.05) is 30.9 Å². The molecule has 0 aliphatic carbocycles. The number of pyridine rings is 1. The fourth-order valence-corrected chi connectivity index (χ4v) is 2.60. The number of aryl methyl sites for hydroxylation is 1. The number of piperidine rings is 1. The number of anilines is 1. The molecule has 1 aliphatic rings. The standard InChI is InChI=1S/C15H18N4O2/c1-11-4-2-6-14(17-11)19-9-3-5-12(10-19)18-15(20)13-7-8-16-21-13/h2,4,6-8,12H,3,5,9-10H2,1H3,(H,18,20)/t12-/m0/s1. The van der Waals surface area contributed by atoms with Crippen LogP contribution in [0.5, 0.6) is 0 Å². The van der Waals surface area contributed by atoms with E-state index >= 15 is 0 Å². The summed E-state index contributed by atoms with van der Waals surface area (Å²) in [6.45, 7) is 3.71. The maximum atomic E-state index is 12.0. The highest BCUT2D eigenvalue weighted by molar-refractivity contribution is 5.91. The summed E-state index contributed by atoms with van der Waals surface area (Å²) in [7, 11) is 0. The predicted octanol–water partition coefficient (Wildman–Crippen LogP) is 1.78. The van der Waals surface area contributed by atoms with Gasteiger partial charge >= 0.3 is 0 Å². The van der Waals surface area contributed by atoms with E-state index in [-0.39, 0.29) is 17.7 Å². The maximum absolute atomic E-state index is 12.0. The van der Waals surface area contributed by atoms with Crippen LogP contribution in [0.3, 0.4) is 0 Å². The number of nitrogens with zero attached hydrogens (tertiary/aromatic N) is 3. The Kier molecular flexibility index (Phi) is 3.85. The number of carbonyl (C=O) groups excluding carboxylic acids is 1. The first-order chi connectivity index (χ1) is 10.2. The molecule has 21 heavy (non-hydrogen) atoms. The van der Waals surface area contributed by atoms with E-state index in [4.69, 9.17) is 4.52 Å². The first kappa shape index (κ1) is 13.6. The molecule has 3 rings (SSSR count).